The molecular formula is C12H23N3O. The van der Waals surface area contributed by atoms with E-state index in [0.29, 0.717) is 6.04 Å². The number of nitrogens with zero attached hydrogens (tertiary/aromatic N) is 3. The summed E-state index contributed by atoms with van der Waals surface area (Å²) >= 11 is 0. The molecule has 4 heteroatoms. The molecule has 4 nitrogen and oxygen atoms in total. The molecule has 2 heterocycles. The number of carbonyl (C=O) groups excluding carboxylic acids is 1. The Bertz CT molecular complexity index is 249. The Kier molecular flexibility index (Phi) is 3.69. The molecule has 0 spiro atoms. The summed E-state index contributed by atoms with van der Waals surface area (Å²) in [5.41, 5.74) is 0. The van der Waals surface area contributed by atoms with Crippen LogP contribution in [0.15, 0.2) is 0 Å². The predicted octanol–water partition coefficient (Wildman–Crippen LogP) is 1.23. The highest BCUT2D eigenvalue weighted by molar-refractivity contribution is 5.75. The van der Waals surface area contributed by atoms with Gasteiger partial charge in [0.15, 0.2) is 0 Å². The number of carbonyl (C=O) groups is 1. The van der Waals surface area contributed by atoms with Gasteiger partial charge in [-0.2, -0.15) is 0 Å². The van der Waals surface area contributed by atoms with Crippen molar-refractivity contribution in [3.05, 3.63) is 0 Å². The summed E-state index contributed by atoms with van der Waals surface area (Å²) in [7, 11) is 0. The predicted molar refractivity (Wildman–Crippen MR) is 64.5 cm³/mol. The number of hydrogen-bond donors (Lipinski definition) is 0. The smallest absolute Gasteiger partial charge is 0.320 e. The molecule has 92 valence electrons. The van der Waals surface area contributed by atoms with Crippen LogP contribution in [0.5, 0.6) is 0 Å². The third-order valence-corrected chi connectivity index (χ3v) is 3.89. The minimum atomic E-state index is 0.265. The monoisotopic (exact) mass is 225 g/mol. The van der Waals surface area contributed by atoms with E-state index >= 15 is 0 Å². The Morgan fingerprint density at radius 1 is 1.19 bits per heavy atom. The number of likely N-dealkylation sites (tertiary alicyclic amines) is 2. The molecule has 0 saturated carbocycles. The first-order valence-corrected chi connectivity index (χ1v) is 6.54. The molecule has 2 amide bonds. The van der Waals surface area contributed by atoms with Crippen LogP contribution in [0.25, 0.3) is 0 Å². The molecule has 16 heavy (non-hydrogen) atoms. The maximum atomic E-state index is 12.0. The zero-order chi connectivity index (χ0) is 11.5. The average Bonchev–Trinajstić information content (AvgIpc) is 2.66. The van der Waals surface area contributed by atoms with Crippen molar-refractivity contribution in [2.45, 2.75) is 32.7 Å². The summed E-state index contributed by atoms with van der Waals surface area (Å²) in [5.74, 6) is 0. The maximum absolute atomic E-state index is 12.0. The van der Waals surface area contributed by atoms with Crippen LogP contribution in [0.3, 0.4) is 0 Å². The average molecular weight is 225 g/mol. The minimum absolute atomic E-state index is 0.265. The Morgan fingerprint density at radius 2 is 1.88 bits per heavy atom. The van der Waals surface area contributed by atoms with E-state index in [0.717, 1.165) is 45.7 Å². The van der Waals surface area contributed by atoms with Crippen molar-refractivity contribution in [3.8, 4) is 0 Å². The van der Waals surface area contributed by atoms with E-state index < -0.39 is 0 Å². The fourth-order valence-electron chi connectivity index (χ4n) is 2.66. The lowest BCUT2D eigenvalue weighted by Crippen LogP contribution is -2.49. The quantitative estimate of drug-likeness (QED) is 0.722. The van der Waals surface area contributed by atoms with Crippen LogP contribution >= 0.6 is 0 Å². The van der Waals surface area contributed by atoms with Gasteiger partial charge in [0, 0.05) is 32.2 Å². The van der Waals surface area contributed by atoms with E-state index in [2.05, 4.69) is 18.7 Å². The van der Waals surface area contributed by atoms with Crippen molar-refractivity contribution < 1.29 is 4.79 Å². The number of amides is 2. The fourth-order valence-corrected chi connectivity index (χ4v) is 2.66. The topological polar surface area (TPSA) is 26.8 Å². The lowest BCUT2D eigenvalue weighted by atomic mass is 10.2. The van der Waals surface area contributed by atoms with Gasteiger partial charge in [0.1, 0.15) is 0 Å². The van der Waals surface area contributed by atoms with Crippen LogP contribution in [-0.2, 0) is 0 Å². The highest BCUT2D eigenvalue weighted by Crippen LogP contribution is 2.19. The lowest BCUT2D eigenvalue weighted by molar-refractivity contribution is 0.130. The lowest BCUT2D eigenvalue weighted by Gasteiger charge is -2.35. The second kappa shape index (κ2) is 5.04. The fraction of sp³-hybridized carbons (Fsp3) is 0.917. The van der Waals surface area contributed by atoms with Crippen molar-refractivity contribution in [2.24, 2.45) is 0 Å². The van der Waals surface area contributed by atoms with Gasteiger partial charge < -0.3 is 9.80 Å². The summed E-state index contributed by atoms with van der Waals surface area (Å²) in [5, 5.41) is 0. The number of rotatable bonds is 3. The molecule has 0 aromatic rings. The molecular weight excluding hydrogens is 202 g/mol. The second-order valence-electron chi connectivity index (χ2n) is 4.73. The zero-order valence-electron chi connectivity index (χ0n) is 10.5. The van der Waals surface area contributed by atoms with Crippen LogP contribution in [0.4, 0.5) is 4.79 Å². The van der Waals surface area contributed by atoms with Crippen molar-refractivity contribution in [2.75, 3.05) is 39.3 Å². The largest absolute Gasteiger partial charge is 0.325 e. The summed E-state index contributed by atoms with van der Waals surface area (Å²) in [6.07, 6.45) is 2.32. The number of urea groups is 1. The van der Waals surface area contributed by atoms with E-state index in [9.17, 15) is 4.79 Å². The third-order valence-electron chi connectivity index (χ3n) is 3.89. The Labute approximate surface area is 98.2 Å². The third kappa shape index (κ3) is 2.17. The molecule has 2 saturated heterocycles. The first kappa shape index (κ1) is 11.7. The van der Waals surface area contributed by atoms with Gasteiger partial charge in [0.05, 0.1) is 0 Å². The standard InChI is InChI=1S/C12H23N3O/c1-3-13(4-2)11-6-9-15(10-11)12(16)14-7-5-8-14/h11H,3-10H2,1-2H3. The van der Waals surface area contributed by atoms with Crippen molar-refractivity contribution in [3.63, 3.8) is 0 Å². The van der Waals surface area contributed by atoms with E-state index in [4.69, 9.17) is 0 Å². The van der Waals surface area contributed by atoms with Gasteiger partial charge in [-0.25, -0.2) is 4.79 Å². The molecule has 0 bridgehead atoms. The molecule has 0 aromatic heterocycles. The van der Waals surface area contributed by atoms with Crippen molar-refractivity contribution in [1.82, 2.24) is 14.7 Å². The van der Waals surface area contributed by atoms with E-state index in [1.165, 1.54) is 6.42 Å². The van der Waals surface area contributed by atoms with Crippen molar-refractivity contribution >= 4 is 6.03 Å². The first-order valence-electron chi connectivity index (χ1n) is 6.54. The summed E-state index contributed by atoms with van der Waals surface area (Å²) in [6, 6.07) is 0.848. The Hall–Kier alpha value is -0.770. The highest BCUT2D eigenvalue weighted by Gasteiger charge is 2.32. The minimum Gasteiger partial charge on any atom is -0.325 e. The normalized spacial score (nSPS) is 25.1. The number of hydrogen-bond acceptors (Lipinski definition) is 2. The van der Waals surface area contributed by atoms with Gasteiger partial charge in [-0.1, -0.05) is 13.8 Å². The summed E-state index contributed by atoms with van der Waals surface area (Å²) < 4.78 is 0. The second-order valence-corrected chi connectivity index (χ2v) is 4.73. The molecule has 0 radical (unpaired) electrons. The van der Waals surface area contributed by atoms with E-state index in [1.807, 2.05) is 9.80 Å². The Balaban J connectivity index is 1.84. The molecule has 2 rings (SSSR count). The van der Waals surface area contributed by atoms with E-state index in [1.54, 1.807) is 0 Å². The van der Waals surface area contributed by atoms with Crippen LogP contribution in [0.1, 0.15) is 26.7 Å². The zero-order valence-corrected chi connectivity index (χ0v) is 10.5. The van der Waals surface area contributed by atoms with Gasteiger partial charge in [-0.15, -0.1) is 0 Å². The van der Waals surface area contributed by atoms with Gasteiger partial charge in [0.2, 0.25) is 0 Å². The molecule has 0 aliphatic carbocycles. The summed E-state index contributed by atoms with van der Waals surface area (Å²) in [6.45, 7) is 10.4. The first-order chi connectivity index (χ1) is 7.76. The SMILES string of the molecule is CCN(CC)C1CCN(C(=O)N2CCC2)C1. The summed E-state index contributed by atoms with van der Waals surface area (Å²) in [4.78, 5) is 18.5. The molecule has 1 unspecified atom stereocenters. The molecule has 0 aromatic carbocycles. The molecule has 2 aliphatic heterocycles. The highest BCUT2D eigenvalue weighted by atomic mass is 16.2. The Morgan fingerprint density at radius 3 is 2.38 bits per heavy atom. The van der Waals surface area contributed by atoms with E-state index in [-0.39, 0.29) is 6.03 Å². The molecule has 0 N–H and O–H groups in total. The maximum Gasteiger partial charge on any atom is 0.320 e. The van der Waals surface area contributed by atoms with Crippen LogP contribution < -0.4 is 0 Å². The van der Waals surface area contributed by atoms with Gasteiger partial charge in [0.25, 0.3) is 0 Å². The van der Waals surface area contributed by atoms with Crippen molar-refractivity contribution in [1.29, 1.82) is 0 Å². The van der Waals surface area contributed by atoms with Crippen LogP contribution in [-0.4, -0.2) is 66.0 Å². The molecule has 2 fully saturated rings. The molecule has 1 atom stereocenters. The molecule has 2 aliphatic rings. The van der Waals surface area contributed by atoms with Crippen LogP contribution in [0.2, 0.25) is 0 Å². The number of likely N-dealkylation sites (N-methyl/N-ethyl adjacent to an activating group) is 1. The van der Waals surface area contributed by atoms with Gasteiger partial charge in [-0.05, 0) is 25.9 Å². The van der Waals surface area contributed by atoms with Crippen LogP contribution in [0, 0.1) is 0 Å². The van der Waals surface area contributed by atoms with Gasteiger partial charge in [-0.3, -0.25) is 4.90 Å². The van der Waals surface area contributed by atoms with Gasteiger partial charge >= 0.3 is 6.03 Å².